The highest BCUT2D eigenvalue weighted by Crippen LogP contribution is 2.27. The second-order valence-corrected chi connectivity index (χ2v) is 5.42. The van der Waals surface area contributed by atoms with Crippen LogP contribution in [0.4, 0.5) is 0 Å². The zero-order valence-electron chi connectivity index (χ0n) is 9.56. The van der Waals surface area contributed by atoms with Crippen LogP contribution in [-0.4, -0.2) is 22.6 Å². The standard InChI is InChI=1S/C12H15N3OS/c16-12-10-3-6-17-11(10)14-8-15(12)5-4-13-7-9-1-2-9/h3,6,8-9,13H,1-2,4-5,7H2. The summed E-state index contributed by atoms with van der Waals surface area (Å²) in [4.78, 5) is 17.1. The van der Waals surface area contributed by atoms with Gasteiger partial charge in [0.25, 0.3) is 5.56 Å². The molecule has 1 fully saturated rings. The van der Waals surface area contributed by atoms with Crippen molar-refractivity contribution >= 4 is 21.6 Å². The fourth-order valence-corrected chi connectivity index (χ4v) is 2.60. The van der Waals surface area contributed by atoms with E-state index >= 15 is 0 Å². The van der Waals surface area contributed by atoms with Crippen LogP contribution in [0, 0.1) is 5.92 Å². The van der Waals surface area contributed by atoms with Crippen LogP contribution < -0.4 is 10.9 Å². The summed E-state index contributed by atoms with van der Waals surface area (Å²) < 4.78 is 1.69. The molecule has 90 valence electrons. The molecule has 5 heteroatoms. The van der Waals surface area contributed by atoms with Crippen LogP contribution in [0.25, 0.3) is 10.2 Å². The Morgan fingerprint density at radius 1 is 1.53 bits per heavy atom. The van der Waals surface area contributed by atoms with E-state index in [0.717, 1.165) is 29.2 Å². The summed E-state index contributed by atoms with van der Waals surface area (Å²) in [5.41, 5.74) is 0.0736. The van der Waals surface area contributed by atoms with Gasteiger partial charge < -0.3 is 5.32 Å². The van der Waals surface area contributed by atoms with Crippen molar-refractivity contribution in [2.75, 3.05) is 13.1 Å². The second-order valence-electron chi connectivity index (χ2n) is 4.53. The van der Waals surface area contributed by atoms with Crippen molar-refractivity contribution in [2.24, 2.45) is 5.92 Å². The molecule has 0 spiro atoms. The smallest absolute Gasteiger partial charge is 0.262 e. The molecule has 17 heavy (non-hydrogen) atoms. The molecule has 2 aromatic rings. The molecule has 0 atom stereocenters. The van der Waals surface area contributed by atoms with Crippen LogP contribution >= 0.6 is 11.3 Å². The van der Waals surface area contributed by atoms with Gasteiger partial charge in [-0.3, -0.25) is 9.36 Å². The van der Waals surface area contributed by atoms with Crippen molar-refractivity contribution in [1.82, 2.24) is 14.9 Å². The van der Waals surface area contributed by atoms with Crippen LogP contribution in [0.1, 0.15) is 12.8 Å². The van der Waals surface area contributed by atoms with Crippen molar-refractivity contribution in [3.8, 4) is 0 Å². The average molecular weight is 249 g/mol. The van der Waals surface area contributed by atoms with Crippen molar-refractivity contribution < 1.29 is 0 Å². The summed E-state index contributed by atoms with van der Waals surface area (Å²) in [6, 6.07) is 1.85. The quantitative estimate of drug-likeness (QED) is 0.816. The Kier molecular flexibility index (Phi) is 2.94. The van der Waals surface area contributed by atoms with Crippen molar-refractivity contribution in [3.05, 3.63) is 28.1 Å². The first kappa shape index (κ1) is 10.9. The number of fused-ring (bicyclic) bond motifs is 1. The Morgan fingerprint density at radius 3 is 3.24 bits per heavy atom. The molecule has 2 aromatic heterocycles. The van der Waals surface area contributed by atoms with Gasteiger partial charge >= 0.3 is 0 Å². The number of hydrogen-bond donors (Lipinski definition) is 1. The minimum absolute atomic E-state index is 0.0736. The van der Waals surface area contributed by atoms with E-state index in [9.17, 15) is 4.79 Å². The SMILES string of the molecule is O=c1c2ccsc2ncn1CCNCC1CC1. The molecule has 0 amide bonds. The molecule has 2 heterocycles. The molecule has 1 N–H and O–H groups in total. The van der Waals surface area contributed by atoms with Gasteiger partial charge in [0.15, 0.2) is 0 Å². The van der Waals surface area contributed by atoms with E-state index in [1.165, 1.54) is 24.2 Å². The topological polar surface area (TPSA) is 46.9 Å². The Morgan fingerprint density at radius 2 is 2.41 bits per heavy atom. The third kappa shape index (κ3) is 2.40. The van der Waals surface area contributed by atoms with Crippen LogP contribution in [0.3, 0.4) is 0 Å². The minimum Gasteiger partial charge on any atom is -0.315 e. The molecule has 0 unspecified atom stereocenters. The van der Waals surface area contributed by atoms with E-state index in [1.54, 1.807) is 10.9 Å². The predicted octanol–water partition coefficient (Wildman–Crippen LogP) is 1.46. The van der Waals surface area contributed by atoms with E-state index in [1.807, 2.05) is 11.4 Å². The van der Waals surface area contributed by atoms with Crippen LogP contribution in [0.15, 0.2) is 22.6 Å². The first-order chi connectivity index (χ1) is 8.34. The molecule has 0 bridgehead atoms. The zero-order chi connectivity index (χ0) is 11.7. The zero-order valence-corrected chi connectivity index (χ0v) is 10.4. The number of nitrogens with one attached hydrogen (secondary N) is 1. The van der Waals surface area contributed by atoms with Crippen LogP contribution in [0.2, 0.25) is 0 Å². The lowest BCUT2D eigenvalue weighted by Crippen LogP contribution is -2.28. The number of hydrogen-bond acceptors (Lipinski definition) is 4. The number of rotatable bonds is 5. The molecule has 0 radical (unpaired) electrons. The van der Waals surface area contributed by atoms with Crippen molar-refractivity contribution in [1.29, 1.82) is 0 Å². The highest BCUT2D eigenvalue weighted by molar-refractivity contribution is 7.16. The van der Waals surface area contributed by atoms with E-state index in [4.69, 9.17) is 0 Å². The molecule has 4 nitrogen and oxygen atoms in total. The fourth-order valence-electron chi connectivity index (χ4n) is 1.88. The van der Waals surface area contributed by atoms with Gasteiger partial charge in [-0.25, -0.2) is 4.98 Å². The molecular formula is C12H15N3OS. The van der Waals surface area contributed by atoms with E-state index in [0.29, 0.717) is 6.54 Å². The van der Waals surface area contributed by atoms with Crippen molar-refractivity contribution in [3.63, 3.8) is 0 Å². The molecule has 0 aliphatic heterocycles. The lowest BCUT2D eigenvalue weighted by atomic mass is 10.4. The van der Waals surface area contributed by atoms with Gasteiger partial charge in [0.1, 0.15) is 4.83 Å². The van der Waals surface area contributed by atoms with Gasteiger partial charge in [-0.05, 0) is 36.8 Å². The monoisotopic (exact) mass is 249 g/mol. The normalized spacial score (nSPS) is 15.5. The number of nitrogens with zero attached hydrogens (tertiary/aromatic N) is 2. The predicted molar refractivity (Wildman–Crippen MR) is 69.5 cm³/mol. The number of thiophene rings is 1. The van der Waals surface area contributed by atoms with E-state index in [2.05, 4.69) is 10.3 Å². The highest BCUT2D eigenvalue weighted by atomic mass is 32.1. The summed E-state index contributed by atoms with van der Waals surface area (Å²) >= 11 is 1.51. The lowest BCUT2D eigenvalue weighted by molar-refractivity contribution is 0.564. The average Bonchev–Trinajstić information content (AvgIpc) is 3.02. The van der Waals surface area contributed by atoms with Crippen LogP contribution in [0.5, 0.6) is 0 Å². The van der Waals surface area contributed by atoms with Gasteiger partial charge in [-0.2, -0.15) is 0 Å². The molecule has 1 aliphatic rings. The Labute approximate surface area is 103 Å². The van der Waals surface area contributed by atoms with Gasteiger partial charge in [-0.15, -0.1) is 11.3 Å². The third-order valence-electron chi connectivity index (χ3n) is 3.11. The maximum Gasteiger partial charge on any atom is 0.262 e. The largest absolute Gasteiger partial charge is 0.315 e. The van der Waals surface area contributed by atoms with Crippen molar-refractivity contribution in [2.45, 2.75) is 19.4 Å². The molecule has 0 saturated heterocycles. The molecular weight excluding hydrogens is 234 g/mol. The number of aromatic nitrogens is 2. The molecule has 0 aromatic carbocycles. The maximum atomic E-state index is 12.0. The summed E-state index contributed by atoms with van der Waals surface area (Å²) in [6.45, 7) is 2.63. The summed E-state index contributed by atoms with van der Waals surface area (Å²) in [5, 5.41) is 6.03. The Hall–Kier alpha value is -1.20. The minimum atomic E-state index is 0.0736. The maximum absolute atomic E-state index is 12.0. The first-order valence-electron chi connectivity index (χ1n) is 5.98. The van der Waals surface area contributed by atoms with Gasteiger partial charge in [0.05, 0.1) is 11.7 Å². The molecule has 1 saturated carbocycles. The highest BCUT2D eigenvalue weighted by Gasteiger charge is 2.19. The first-order valence-corrected chi connectivity index (χ1v) is 6.86. The third-order valence-corrected chi connectivity index (χ3v) is 3.93. The summed E-state index contributed by atoms with van der Waals surface area (Å²) in [5.74, 6) is 0.879. The molecule has 3 rings (SSSR count). The Balaban J connectivity index is 1.66. The van der Waals surface area contributed by atoms with Gasteiger partial charge in [0, 0.05) is 13.1 Å². The second kappa shape index (κ2) is 4.58. The van der Waals surface area contributed by atoms with Crippen LogP contribution in [-0.2, 0) is 6.54 Å². The van der Waals surface area contributed by atoms with Gasteiger partial charge in [0.2, 0.25) is 0 Å². The fraction of sp³-hybridized carbons (Fsp3) is 0.500. The summed E-state index contributed by atoms with van der Waals surface area (Å²) in [6.07, 6.45) is 4.37. The summed E-state index contributed by atoms with van der Waals surface area (Å²) in [7, 11) is 0. The van der Waals surface area contributed by atoms with E-state index < -0.39 is 0 Å². The molecule has 1 aliphatic carbocycles. The Bertz CT molecular complexity index is 570. The van der Waals surface area contributed by atoms with E-state index in [-0.39, 0.29) is 5.56 Å². The lowest BCUT2D eigenvalue weighted by Gasteiger charge is -2.06. The van der Waals surface area contributed by atoms with Gasteiger partial charge in [-0.1, -0.05) is 0 Å².